The van der Waals surface area contributed by atoms with E-state index in [-0.39, 0.29) is 23.9 Å². The van der Waals surface area contributed by atoms with Crippen LogP contribution < -0.4 is 9.79 Å². The fourth-order valence-electron chi connectivity index (χ4n) is 0.110. The first-order valence-corrected chi connectivity index (χ1v) is 3.86. The van der Waals surface area contributed by atoms with Gasteiger partial charge in [0.15, 0.2) is 0 Å². The van der Waals surface area contributed by atoms with Gasteiger partial charge in [0.2, 0.25) is 0 Å². The van der Waals surface area contributed by atoms with E-state index in [0.717, 1.165) is 0 Å². The number of rotatable bonds is 4. The van der Waals surface area contributed by atoms with E-state index in [1.807, 2.05) is 0 Å². The van der Waals surface area contributed by atoms with Crippen molar-refractivity contribution < 1.29 is 28.0 Å². The van der Waals surface area contributed by atoms with Crippen LogP contribution in [0.25, 0.3) is 0 Å². The summed E-state index contributed by atoms with van der Waals surface area (Å²) in [6.45, 7) is -0.780. The molecular formula is CH4O6P2Sn+2. The first kappa shape index (κ1) is 13.4. The van der Waals surface area contributed by atoms with Gasteiger partial charge in [-0.3, -0.25) is 0 Å². The molecule has 0 amide bonds. The van der Waals surface area contributed by atoms with E-state index in [9.17, 15) is 18.9 Å². The van der Waals surface area contributed by atoms with Crippen LogP contribution in [0.5, 0.6) is 0 Å². The maximum absolute atomic E-state index is 9.52. The molecule has 56 valence electrons. The van der Waals surface area contributed by atoms with Gasteiger partial charge in [0.25, 0.3) is 6.79 Å². The van der Waals surface area contributed by atoms with Gasteiger partial charge in [0.1, 0.15) is 0 Å². The second kappa shape index (κ2) is 7.94. The summed E-state index contributed by atoms with van der Waals surface area (Å²) < 4.78 is 26.4. The second-order valence-corrected chi connectivity index (χ2v) is 2.23. The maximum atomic E-state index is 9.52. The van der Waals surface area contributed by atoms with Gasteiger partial charge >= 0.3 is 40.4 Å². The standard InChI is InChI=1S/CH2O6P2.Sn.2H/c2-8(3)6-1-7-9(4)5;;;/h1H2;;;/q;+2;;. The van der Waals surface area contributed by atoms with Crippen LogP contribution >= 0.6 is 16.5 Å². The predicted octanol–water partition coefficient (Wildman–Crippen LogP) is -1.90. The van der Waals surface area contributed by atoms with Crippen LogP contribution in [0.15, 0.2) is 0 Å². The van der Waals surface area contributed by atoms with Crippen LogP contribution in [0.1, 0.15) is 0 Å². The van der Waals surface area contributed by atoms with E-state index in [1.54, 1.807) is 0 Å². The Morgan fingerprint density at radius 1 is 1.10 bits per heavy atom. The topological polar surface area (TPSA) is 98.7 Å². The zero-order valence-corrected chi connectivity index (χ0v) is 10.6. The molecule has 0 saturated heterocycles. The van der Waals surface area contributed by atoms with Crippen molar-refractivity contribution >= 4 is 40.4 Å². The minimum atomic E-state index is -3.02. The molecular weight excluding hydrogens is 289 g/mol. The van der Waals surface area contributed by atoms with Gasteiger partial charge < -0.3 is 9.79 Å². The Labute approximate surface area is 75.4 Å². The van der Waals surface area contributed by atoms with Crippen molar-refractivity contribution in [2.45, 2.75) is 0 Å². The Morgan fingerprint density at radius 2 is 1.40 bits per heavy atom. The van der Waals surface area contributed by atoms with Crippen LogP contribution in [0.3, 0.4) is 0 Å². The van der Waals surface area contributed by atoms with Crippen molar-refractivity contribution in [3.63, 3.8) is 0 Å². The van der Waals surface area contributed by atoms with E-state index in [4.69, 9.17) is 0 Å². The Kier molecular flexibility index (Phi) is 10.7. The quantitative estimate of drug-likeness (QED) is 0.341. The monoisotopic (exact) mass is 294 g/mol. The van der Waals surface area contributed by atoms with Crippen molar-refractivity contribution in [2.24, 2.45) is 0 Å². The molecule has 0 fully saturated rings. The number of hydrogen-bond acceptors (Lipinski definition) is 6. The van der Waals surface area contributed by atoms with Gasteiger partial charge in [-0.25, -0.2) is 0 Å². The third-order valence-corrected chi connectivity index (χ3v) is 0.949. The summed E-state index contributed by atoms with van der Waals surface area (Å²) in [5, 5.41) is 0. The van der Waals surface area contributed by atoms with Crippen molar-refractivity contribution in [1.82, 2.24) is 0 Å². The Morgan fingerprint density at radius 3 is 1.60 bits per heavy atom. The fraction of sp³-hybridized carbons (Fsp3) is 1.00. The summed E-state index contributed by atoms with van der Waals surface area (Å²) >= 11 is 0. The van der Waals surface area contributed by atoms with Crippen molar-refractivity contribution in [1.29, 1.82) is 0 Å². The van der Waals surface area contributed by atoms with Crippen LogP contribution in [-0.2, 0) is 18.2 Å². The second-order valence-electron chi connectivity index (χ2n) is 0.823. The summed E-state index contributed by atoms with van der Waals surface area (Å²) in [6.07, 6.45) is 0. The van der Waals surface area contributed by atoms with Crippen molar-refractivity contribution in [2.75, 3.05) is 6.79 Å². The molecule has 0 aromatic carbocycles. The van der Waals surface area contributed by atoms with Gasteiger partial charge in [-0.15, -0.1) is 9.05 Å². The summed E-state index contributed by atoms with van der Waals surface area (Å²) in [5.74, 6) is 0. The van der Waals surface area contributed by atoms with E-state index < -0.39 is 23.3 Å². The molecule has 6 nitrogen and oxygen atoms in total. The van der Waals surface area contributed by atoms with E-state index in [2.05, 4.69) is 9.05 Å². The van der Waals surface area contributed by atoms with Crippen molar-refractivity contribution in [3.05, 3.63) is 0 Å². The van der Waals surface area contributed by atoms with Crippen LogP contribution in [0.2, 0.25) is 0 Å². The average Bonchev–Trinajstić information content (AvgIpc) is 1.63. The summed E-state index contributed by atoms with van der Waals surface area (Å²) in [6, 6.07) is 0. The van der Waals surface area contributed by atoms with Gasteiger partial charge in [-0.05, 0) is 9.13 Å². The predicted molar refractivity (Wildman–Crippen MR) is 30.8 cm³/mol. The third-order valence-electron chi connectivity index (χ3n) is 0.316. The molecule has 0 aliphatic carbocycles. The molecule has 0 aromatic heterocycles. The zero-order chi connectivity index (χ0) is 7.28. The Hall–Kier alpha value is 0.839. The molecule has 10 heavy (non-hydrogen) atoms. The molecule has 0 heterocycles. The molecule has 0 aliphatic heterocycles. The van der Waals surface area contributed by atoms with Gasteiger partial charge in [-0.1, -0.05) is 0 Å². The molecule has 0 aromatic rings. The van der Waals surface area contributed by atoms with E-state index in [0.29, 0.717) is 0 Å². The number of hydrogen-bond donors (Lipinski definition) is 0. The van der Waals surface area contributed by atoms with Crippen LogP contribution in [0, 0.1) is 0 Å². The van der Waals surface area contributed by atoms with Crippen molar-refractivity contribution in [3.8, 4) is 0 Å². The average molecular weight is 293 g/mol. The molecule has 0 aliphatic rings. The zero-order valence-electron chi connectivity index (χ0n) is 4.76. The SMILES string of the molecule is O=[P+]([O-])OCO[P+](=O)[O-].[SnH2+2]. The third kappa shape index (κ3) is 11.6. The van der Waals surface area contributed by atoms with Gasteiger partial charge in [-0.2, -0.15) is 0 Å². The molecule has 0 rings (SSSR count). The van der Waals surface area contributed by atoms with Crippen LogP contribution in [0.4, 0.5) is 0 Å². The summed E-state index contributed by atoms with van der Waals surface area (Å²) in [4.78, 5) is 19.0. The van der Waals surface area contributed by atoms with Gasteiger partial charge in [0.05, 0.1) is 0 Å². The molecule has 0 N–H and O–H groups in total. The summed E-state index contributed by atoms with van der Waals surface area (Å²) in [7, 11) is -6.05. The molecule has 0 saturated carbocycles. The van der Waals surface area contributed by atoms with Gasteiger partial charge in [0, 0.05) is 0 Å². The fourth-order valence-corrected chi connectivity index (χ4v) is 0.470. The molecule has 2 atom stereocenters. The van der Waals surface area contributed by atoms with E-state index >= 15 is 0 Å². The summed E-state index contributed by atoms with van der Waals surface area (Å²) in [5.41, 5.74) is 0. The Bertz CT molecular complexity index is 111. The minimum absolute atomic E-state index is 0. The molecule has 9 heteroatoms. The molecule has 0 radical (unpaired) electrons. The van der Waals surface area contributed by atoms with Crippen LogP contribution in [-0.4, -0.2) is 30.7 Å². The normalized spacial score (nSPS) is 11.8. The molecule has 0 bridgehead atoms. The van der Waals surface area contributed by atoms with E-state index in [1.165, 1.54) is 0 Å². The molecule has 0 spiro atoms. The molecule has 2 unspecified atom stereocenters. The first-order chi connectivity index (χ1) is 4.13. The first-order valence-electron chi connectivity index (χ1n) is 1.67. The Balaban J connectivity index is 0.